The van der Waals surface area contributed by atoms with Crippen LogP contribution in [0.15, 0.2) is 18.2 Å². The van der Waals surface area contributed by atoms with Gasteiger partial charge in [-0.1, -0.05) is 17.7 Å². The number of hydrogen-bond donors (Lipinski definition) is 1. The first-order valence-corrected chi connectivity index (χ1v) is 7.11. The third-order valence-electron chi connectivity index (χ3n) is 3.97. The first kappa shape index (κ1) is 15.1. The molecular weight excluding hydrogens is 278 g/mol. The summed E-state index contributed by atoms with van der Waals surface area (Å²) < 4.78 is 5.34. The van der Waals surface area contributed by atoms with Gasteiger partial charge in [0.05, 0.1) is 12.5 Å². The van der Waals surface area contributed by atoms with Crippen molar-refractivity contribution in [3.8, 4) is 5.75 Å². The molecular formula is C15H20ClNO3. The SMILES string of the molecule is COc1cccc(Cl)c1CN1CCCC(C)(C(=O)O)C1. The Bertz CT molecular complexity index is 506. The van der Waals surface area contributed by atoms with E-state index in [4.69, 9.17) is 16.3 Å². The Labute approximate surface area is 124 Å². The molecule has 1 atom stereocenters. The zero-order chi connectivity index (χ0) is 14.8. The van der Waals surface area contributed by atoms with Gasteiger partial charge in [0, 0.05) is 23.7 Å². The van der Waals surface area contributed by atoms with Crippen molar-refractivity contribution < 1.29 is 14.6 Å². The highest BCUT2D eigenvalue weighted by molar-refractivity contribution is 6.31. The van der Waals surface area contributed by atoms with Crippen molar-refractivity contribution in [2.45, 2.75) is 26.3 Å². The lowest BCUT2D eigenvalue weighted by Crippen LogP contribution is -2.45. The topological polar surface area (TPSA) is 49.8 Å². The van der Waals surface area contributed by atoms with Crippen LogP contribution in [0.1, 0.15) is 25.3 Å². The summed E-state index contributed by atoms with van der Waals surface area (Å²) in [7, 11) is 1.62. The van der Waals surface area contributed by atoms with E-state index in [9.17, 15) is 9.90 Å². The molecule has 0 amide bonds. The van der Waals surface area contributed by atoms with Gasteiger partial charge in [0.2, 0.25) is 0 Å². The summed E-state index contributed by atoms with van der Waals surface area (Å²) in [5.74, 6) is 0.0217. The summed E-state index contributed by atoms with van der Waals surface area (Å²) in [6, 6.07) is 5.56. The summed E-state index contributed by atoms with van der Waals surface area (Å²) in [6.45, 7) is 3.85. The molecule has 1 saturated heterocycles. The number of carbonyl (C=O) groups is 1. The van der Waals surface area contributed by atoms with Crippen LogP contribution in [0.2, 0.25) is 5.02 Å². The summed E-state index contributed by atoms with van der Waals surface area (Å²) in [5.41, 5.74) is 0.249. The largest absolute Gasteiger partial charge is 0.496 e. The van der Waals surface area contributed by atoms with Crippen LogP contribution in [-0.2, 0) is 11.3 Å². The van der Waals surface area contributed by atoms with E-state index in [0.29, 0.717) is 18.1 Å². The van der Waals surface area contributed by atoms with Crippen molar-refractivity contribution in [2.75, 3.05) is 20.2 Å². The number of piperidine rings is 1. The van der Waals surface area contributed by atoms with Crippen LogP contribution in [-0.4, -0.2) is 36.2 Å². The van der Waals surface area contributed by atoms with E-state index in [1.807, 2.05) is 25.1 Å². The molecule has 1 aliphatic rings. The van der Waals surface area contributed by atoms with Gasteiger partial charge in [-0.25, -0.2) is 0 Å². The van der Waals surface area contributed by atoms with Gasteiger partial charge in [-0.3, -0.25) is 9.69 Å². The first-order chi connectivity index (χ1) is 9.46. The predicted octanol–water partition coefficient (Wildman–Crippen LogP) is 3.04. The van der Waals surface area contributed by atoms with Gasteiger partial charge in [-0.2, -0.15) is 0 Å². The maximum absolute atomic E-state index is 11.4. The number of carboxylic acids is 1. The van der Waals surface area contributed by atoms with Crippen molar-refractivity contribution in [3.05, 3.63) is 28.8 Å². The quantitative estimate of drug-likeness (QED) is 0.928. The van der Waals surface area contributed by atoms with Crippen molar-refractivity contribution >= 4 is 17.6 Å². The molecule has 0 aromatic heterocycles. The van der Waals surface area contributed by atoms with Crippen molar-refractivity contribution in [2.24, 2.45) is 5.41 Å². The molecule has 110 valence electrons. The minimum atomic E-state index is -0.728. The van der Waals surface area contributed by atoms with E-state index in [-0.39, 0.29) is 0 Å². The molecule has 1 aliphatic heterocycles. The van der Waals surface area contributed by atoms with Crippen LogP contribution in [0.4, 0.5) is 0 Å². The fourth-order valence-electron chi connectivity index (χ4n) is 2.76. The minimum Gasteiger partial charge on any atom is -0.496 e. The van der Waals surface area contributed by atoms with Gasteiger partial charge in [0.1, 0.15) is 5.75 Å². The number of halogens is 1. The van der Waals surface area contributed by atoms with Crippen LogP contribution >= 0.6 is 11.6 Å². The highest BCUT2D eigenvalue weighted by Crippen LogP contribution is 2.33. The molecule has 1 fully saturated rings. The Balaban J connectivity index is 2.16. The molecule has 20 heavy (non-hydrogen) atoms. The third kappa shape index (κ3) is 3.07. The summed E-state index contributed by atoms with van der Waals surface area (Å²) in [4.78, 5) is 13.5. The van der Waals surface area contributed by atoms with Crippen molar-refractivity contribution in [1.29, 1.82) is 0 Å². The monoisotopic (exact) mass is 297 g/mol. The number of ether oxygens (including phenoxy) is 1. The van der Waals surface area contributed by atoms with Crippen LogP contribution in [0, 0.1) is 5.41 Å². The molecule has 1 heterocycles. The van der Waals surface area contributed by atoms with Gasteiger partial charge >= 0.3 is 5.97 Å². The minimum absolute atomic E-state index is 0.538. The van der Waals surface area contributed by atoms with E-state index in [0.717, 1.165) is 30.7 Å². The normalized spacial score (nSPS) is 23.6. The standard InChI is InChI=1S/C15H20ClNO3/c1-15(14(18)19)7-4-8-17(10-15)9-11-12(16)5-3-6-13(11)20-2/h3,5-6H,4,7-10H2,1-2H3,(H,18,19). The van der Waals surface area contributed by atoms with Crippen molar-refractivity contribution in [1.82, 2.24) is 4.90 Å². The van der Waals surface area contributed by atoms with Crippen LogP contribution in [0.25, 0.3) is 0 Å². The zero-order valence-electron chi connectivity index (χ0n) is 11.9. The van der Waals surface area contributed by atoms with Crippen LogP contribution in [0.3, 0.4) is 0 Å². The third-order valence-corrected chi connectivity index (χ3v) is 4.32. The lowest BCUT2D eigenvalue weighted by Gasteiger charge is -2.37. The van der Waals surface area contributed by atoms with E-state index in [1.54, 1.807) is 7.11 Å². The number of rotatable bonds is 4. The number of carboxylic acid groups (broad SMARTS) is 1. The molecule has 0 radical (unpaired) electrons. The van der Waals surface area contributed by atoms with Gasteiger partial charge in [-0.15, -0.1) is 0 Å². The molecule has 4 nitrogen and oxygen atoms in total. The number of likely N-dealkylation sites (tertiary alicyclic amines) is 1. The second kappa shape index (κ2) is 6.02. The Morgan fingerprint density at radius 1 is 1.55 bits per heavy atom. The van der Waals surface area contributed by atoms with Gasteiger partial charge in [0.15, 0.2) is 0 Å². The molecule has 0 aliphatic carbocycles. The zero-order valence-corrected chi connectivity index (χ0v) is 12.6. The summed E-state index contributed by atoms with van der Waals surface area (Å²) in [5, 5.41) is 10.0. The molecule has 5 heteroatoms. The van der Waals surface area contributed by atoms with Gasteiger partial charge in [0.25, 0.3) is 0 Å². The van der Waals surface area contributed by atoms with Crippen LogP contribution in [0.5, 0.6) is 5.75 Å². The van der Waals surface area contributed by atoms with Crippen LogP contribution < -0.4 is 4.74 Å². The molecule has 1 aromatic carbocycles. The molecule has 1 unspecified atom stereocenters. The first-order valence-electron chi connectivity index (χ1n) is 6.73. The number of methoxy groups -OCH3 is 1. The Kier molecular flexibility index (Phi) is 4.55. The molecule has 0 spiro atoms. The number of aliphatic carboxylic acids is 1. The highest BCUT2D eigenvalue weighted by atomic mass is 35.5. The van der Waals surface area contributed by atoms with E-state index >= 15 is 0 Å². The predicted molar refractivity (Wildman–Crippen MR) is 78.3 cm³/mol. The number of hydrogen-bond acceptors (Lipinski definition) is 3. The second-order valence-electron chi connectivity index (χ2n) is 5.60. The van der Waals surface area contributed by atoms with E-state index in [1.165, 1.54) is 0 Å². The average Bonchev–Trinajstić information content (AvgIpc) is 2.41. The Morgan fingerprint density at radius 2 is 2.30 bits per heavy atom. The average molecular weight is 298 g/mol. The summed E-state index contributed by atoms with van der Waals surface area (Å²) >= 11 is 6.24. The van der Waals surface area contributed by atoms with E-state index < -0.39 is 11.4 Å². The fourth-order valence-corrected chi connectivity index (χ4v) is 2.99. The van der Waals surface area contributed by atoms with Crippen molar-refractivity contribution in [3.63, 3.8) is 0 Å². The van der Waals surface area contributed by atoms with Gasteiger partial charge < -0.3 is 9.84 Å². The molecule has 1 N–H and O–H groups in total. The maximum Gasteiger partial charge on any atom is 0.310 e. The lowest BCUT2D eigenvalue weighted by molar-refractivity contribution is -0.151. The fraction of sp³-hybridized carbons (Fsp3) is 0.533. The molecule has 2 rings (SSSR count). The molecule has 0 bridgehead atoms. The second-order valence-corrected chi connectivity index (χ2v) is 6.01. The maximum atomic E-state index is 11.4. The van der Waals surface area contributed by atoms with Gasteiger partial charge in [-0.05, 0) is 38.4 Å². The van der Waals surface area contributed by atoms with E-state index in [2.05, 4.69) is 4.90 Å². The Hall–Kier alpha value is -1.26. The number of benzene rings is 1. The lowest BCUT2D eigenvalue weighted by atomic mass is 9.82. The summed E-state index contributed by atoms with van der Waals surface area (Å²) in [6.07, 6.45) is 1.61. The molecule has 1 aromatic rings. The number of nitrogens with zero attached hydrogens (tertiary/aromatic N) is 1. The Morgan fingerprint density at radius 3 is 2.95 bits per heavy atom. The smallest absolute Gasteiger partial charge is 0.310 e. The highest BCUT2D eigenvalue weighted by Gasteiger charge is 2.37. The molecule has 0 saturated carbocycles.